The molecule has 0 spiro atoms. The minimum Gasteiger partial charge on any atom is -0.334 e. The fourth-order valence-electron chi connectivity index (χ4n) is 0.849. The number of rotatable bonds is 2. The molecule has 0 fully saturated rings. The zero-order valence-corrected chi connectivity index (χ0v) is 8.22. The average Bonchev–Trinajstić information content (AvgIpc) is 2.08. The van der Waals surface area contributed by atoms with Crippen LogP contribution >= 0.6 is 0 Å². The SMILES string of the molecule is NC(=O)OS(=O)(=O)c1cc(F)c(F)cc1F. The highest BCUT2D eigenvalue weighted by molar-refractivity contribution is 7.87. The van der Waals surface area contributed by atoms with Gasteiger partial charge in [0.1, 0.15) is 10.7 Å². The summed E-state index contributed by atoms with van der Waals surface area (Å²) in [7, 11) is -4.89. The number of halogens is 3. The predicted octanol–water partition coefficient (Wildman–Crippen LogP) is 0.888. The molecule has 0 bridgehead atoms. The molecule has 0 atom stereocenters. The molecule has 9 heteroatoms. The molecule has 0 aliphatic rings. The van der Waals surface area contributed by atoms with E-state index < -0.39 is 38.6 Å². The standard InChI is InChI=1S/C7H4F3NO4S/c8-3-1-5(10)6(2-4(3)9)16(13,14)15-7(11)12/h1-2H,(H2,11,12). The maximum absolute atomic E-state index is 13.0. The van der Waals surface area contributed by atoms with E-state index in [1.807, 2.05) is 0 Å². The van der Waals surface area contributed by atoms with Crippen molar-refractivity contribution in [1.29, 1.82) is 0 Å². The zero-order chi connectivity index (χ0) is 12.5. The number of amides is 1. The van der Waals surface area contributed by atoms with Crippen LogP contribution in [0.5, 0.6) is 0 Å². The molecule has 0 aliphatic carbocycles. The number of carbonyl (C=O) groups is 1. The van der Waals surface area contributed by atoms with E-state index in [9.17, 15) is 26.4 Å². The third kappa shape index (κ3) is 2.42. The third-order valence-electron chi connectivity index (χ3n) is 1.44. The normalized spacial score (nSPS) is 11.2. The van der Waals surface area contributed by atoms with Crippen molar-refractivity contribution in [2.75, 3.05) is 0 Å². The van der Waals surface area contributed by atoms with Crippen molar-refractivity contribution in [3.05, 3.63) is 29.6 Å². The second kappa shape index (κ2) is 4.00. The number of primary amides is 1. The van der Waals surface area contributed by atoms with Gasteiger partial charge in [-0.05, 0) is 0 Å². The summed E-state index contributed by atoms with van der Waals surface area (Å²) in [6.07, 6.45) is -1.72. The van der Waals surface area contributed by atoms with Crippen LogP contribution < -0.4 is 5.73 Å². The van der Waals surface area contributed by atoms with Crippen molar-refractivity contribution in [3.63, 3.8) is 0 Å². The highest BCUT2D eigenvalue weighted by atomic mass is 32.2. The largest absolute Gasteiger partial charge is 0.420 e. The Morgan fingerprint density at radius 1 is 1.12 bits per heavy atom. The van der Waals surface area contributed by atoms with Crippen LogP contribution in [0.4, 0.5) is 18.0 Å². The summed E-state index contributed by atoms with van der Waals surface area (Å²) in [5, 5.41) is 0. The zero-order valence-electron chi connectivity index (χ0n) is 7.41. The Morgan fingerprint density at radius 3 is 2.12 bits per heavy atom. The molecule has 0 heterocycles. The van der Waals surface area contributed by atoms with Gasteiger partial charge < -0.3 is 9.92 Å². The second-order valence-corrected chi connectivity index (χ2v) is 4.07. The molecule has 0 saturated carbocycles. The fourth-order valence-corrected chi connectivity index (χ4v) is 1.70. The predicted molar refractivity (Wildman–Crippen MR) is 44.2 cm³/mol. The number of nitrogens with two attached hydrogens (primary N) is 1. The van der Waals surface area contributed by atoms with Crippen molar-refractivity contribution in [3.8, 4) is 0 Å². The van der Waals surface area contributed by atoms with Crippen LogP contribution in [0.25, 0.3) is 0 Å². The minimum atomic E-state index is -4.89. The van der Waals surface area contributed by atoms with E-state index >= 15 is 0 Å². The first-order valence-electron chi connectivity index (χ1n) is 3.62. The van der Waals surface area contributed by atoms with Gasteiger partial charge in [-0.2, -0.15) is 8.42 Å². The maximum Gasteiger partial charge on any atom is 0.420 e. The Hall–Kier alpha value is -1.77. The topological polar surface area (TPSA) is 86.5 Å². The van der Waals surface area contributed by atoms with E-state index in [0.717, 1.165) is 0 Å². The van der Waals surface area contributed by atoms with Gasteiger partial charge in [0.05, 0.1) is 0 Å². The summed E-state index contributed by atoms with van der Waals surface area (Å²) in [5.74, 6) is -4.77. The van der Waals surface area contributed by atoms with Crippen LogP contribution in [-0.4, -0.2) is 14.5 Å². The lowest BCUT2D eigenvalue weighted by Gasteiger charge is -2.04. The van der Waals surface area contributed by atoms with E-state index in [4.69, 9.17) is 0 Å². The van der Waals surface area contributed by atoms with Gasteiger partial charge in [-0.3, -0.25) is 0 Å². The number of hydrogen-bond acceptors (Lipinski definition) is 4. The van der Waals surface area contributed by atoms with Gasteiger partial charge in [0.25, 0.3) is 0 Å². The molecule has 2 N–H and O–H groups in total. The van der Waals surface area contributed by atoms with Crippen LogP contribution in [0, 0.1) is 17.5 Å². The van der Waals surface area contributed by atoms with Crippen LogP contribution in [0.15, 0.2) is 17.0 Å². The van der Waals surface area contributed by atoms with Crippen molar-refractivity contribution < 1.29 is 30.6 Å². The number of benzene rings is 1. The van der Waals surface area contributed by atoms with E-state index in [1.165, 1.54) is 0 Å². The summed E-state index contributed by atoms with van der Waals surface area (Å²) in [4.78, 5) is 8.87. The molecule has 1 aromatic rings. The smallest absolute Gasteiger partial charge is 0.334 e. The highest BCUT2D eigenvalue weighted by Gasteiger charge is 2.25. The van der Waals surface area contributed by atoms with E-state index in [-0.39, 0.29) is 12.1 Å². The first-order valence-corrected chi connectivity index (χ1v) is 5.03. The Bertz CT molecular complexity index is 543. The lowest BCUT2D eigenvalue weighted by atomic mass is 10.3. The monoisotopic (exact) mass is 255 g/mol. The number of hydrogen-bond donors (Lipinski definition) is 1. The summed E-state index contributed by atoms with van der Waals surface area (Å²) in [6.45, 7) is 0. The second-order valence-electron chi connectivity index (χ2n) is 2.55. The van der Waals surface area contributed by atoms with Crippen molar-refractivity contribution >= 4 is 16.2 Å². The molecule has 0 saturated heterocycles. The van der Waals surface area contributed by atoms with Gasteiger partial charge in [-0.25, -0.2) is 18.0 Å². The van der Waals surface area contributed by atoms with Crippen LogP contribution in [-0.2, 0) is 14.3 Å². The molecular weight excluding hydrogens is 251 g/mol. The molecule has 5 nitrogen and oxygen atoms in total. The molecule has 0 aliphatic heterocycles. The van der Waals surface area contributed by atoms with Gasteiger partial charge in [0.2, 0.25) is 0 Å². The minimum absolute atomic E-state index is 0.00652. The Balaban J connectivity index is 3.34. The van der Waals surface area contributed by atoms with Gasteiger partial charge in [0, 0.05) is 12.1 Å². The fraction of sp³-hybridized carbons (Fsp3) is 0. The molecular formula is C7H4F3NO4S. The third-order valence-corrected chi connectivity index (χ3v) is 2.67. The molecule has 0 unspecified atom stereocenters. The van der Waals surface area contributed by atoms with Crippen molar-refractivity contribution in [2.45, 2.75) is 4.90 Å². The summed E-state index contributed by atoms with van der Waals surface area (Å²) in [6, 6.07) is 0.0511. The lowest BCUT2D eigenvalue weighted by molar-refractivity contribution is 0.212. The first-order chi connectivity index (χ1) is 7.24. The molecule has 88 valence electrons. The molecule has 0 radical (unpaired) electrons. The Kier molecular flexibility index (Phi) is 3.08. The molecule has 1 aromatic carbocycles. The van der Waals surface area contributed by atoms with Crippen molar-refractivity contribution in [1.82, 2.24) is 0 Å². The van der Waals surface area contributed by atoms with Gasteiger partial charge in [-0.1, -0.05) is 0 Å². The van der Waals surface area contributed by atoms with Crippen LogP contribution in [0.2, 0.25) is 0 Å². The van der Waals surface area contributed by atoms with Crippen LogP contribution in [0.3, 0.4) is 0 Å². The van der Waals surface area contributed by atoms with E-state index in [0.29, 0.717) is 0 Å². The molecule has 1 amide bonds. The van der Waals surface area contributed by atoms with Gasteiger partial charge in [0.15, 0.2) is 11.6 Å². The average molecular weight is 255 g/mol. The van der Waals surface area contributed by atoms with E-state index in [1.54, 1.807) is 0 Å². The van der Waals surface area contributed by atoms with Gasteiger partial charge in [-0.15, -0.1) is 0 Å². The lowest BCUT2D eigenvalue weighted by Crippen LogP contribution is -2.20. The van der Waals surface area contributed by atoms with Gasteiger partial charge >= 0.3 is 16.2 Å². The number of carbonyl (C=O) groups excluding carboxylic acids is 1. The highest BCUT2D eigenvalue weighted by Crippen LogP contribution is 2.20. The van der Waals surface area contributed by atoms with Crippen LogP contribution in [0.1, 0.15) is 0 Å². The first kappa shape index (κ1) is 12.3. The molecule has 0 aromatic heterocycles. The maximum atomic E-state index is 13.0. The summed E-state index contributed by atoms with van der Waals surface area (Å²) < 4.78 is 63.8. The molecule has 16 heavy (non-hydrogen) atoms. The molecule has 1 rings (SSSR count). The quantitative estimate of drug-likeness (QED) is 0.628. The van der Waals surface area contributed by atoms with Crippen molar-refractivity contribution in [2.24, 2.45) is 5.73 Å². The Labute approximate surface area is 87.7 Å². The summed E-state index contributed by atoms with van der Waals surface area (Å²) in [5.41, 5.74) is 4.40. The summed E-state index contributed by atoms with van der Waals surface area (Å²) >= 11 is 0. The van der Waals surface area contributed by atoms with E-state index in [2.05, 4.69) is 9.92 Å². The Morgan fingerprint density at radius 2 is 1.62 bits per heavy atom.